The molecular formula is C18H24N4O. The third-order valence-corrected chi connectivity index (χ3v) is 4.58. The Morgan fingerprint density at radius 3 is 2.87 bits per heavy atom. The number of para-hydroxylation sites is 2. The topological polar surface area (TPSA) is 49.3 Å². The molecule has 1 amide bonds. The Balaban J connectivity index is 1.71. The molecule has 0 unspecified atom stereocenters. The van der Waals surface area contributed by atoms with Crippen LogP contribution in [0.15, 0.2) is 30.5 Å². The average Bonchev–Trinajstić information content (AvgIpc) is 2.78. The third-order valence-electron chi connectivity index (χ3n) is 4.58. The summed E-state index contributed by atoms with van der Waals surface area (Å²) in [5.41, 5.74) is 2.59. The molecule has 1 saturated heterocycles. The first-order chi connectivity index (χ1) is 11.1. The van der Waals surface area contributed by atoms with Crippen LogP contribution in [0.4, 0.5) is 0 Å². The van der Waals surface area contributed by atoms with Crippen LogP contribution in [0.5, 0.6) is 0 Å². The first-order valence-electron chi connectivity index (χ1n) is 8.31. The second-order valence-corrected chi connectivity index (χ2v) is 6.39. The number of aromatic nitrogens is 2. The van der Waals surface area contributed by atoms with Crippen molar-refractivity contribution >= 4 is 16.9 Å². The molecule has 1 aliphatic rings. The van der Waals surface area contributed by atoms with Gasteiger partial charge in [0.15, 0.2) is 0 Å². The fourth-order valence-corrected chi connectivity index (χ4v) is 3.21. The molecule has 3 rings (SSSR count). The van der Waals surface area contributed by atoms with Gasteiger partial charge in [0.25, 0.3) is 0 Å². The van der Waals surface area contributed by atoms with Gasteiger partial charge in [0.1, 0.15) is 0 Å². The van der Waals surface area contributed by atoms with Crippen molar-refractivity contribution in [1.29, 1.82) is 0 Å². The average molecular weight is 312 g/mol. The van der Waals surface area contributed by atoms with Gasteiger partial charge in [-0.05, 0) is 38.6 Å². The lowest BCUT2D eigenvalue weighted by atomic mass is 10.1. The van der Waals surface area contributed by atoms with E-state index >= 15 is 0 Å². The maximum atomic E-state index is 12.8. The van der Waals surface area contributed by atoms with Crippen LogP contribution in [0.2, 0.25) is 0 Å². The SMILES string of the molecule is CN(Cc1cnc2ccccc2n1)C(=O)[C@H]1CCCCCN1C. The molecule has 5 nitrogen and oxygen atoms in total. The largest absolute Gasteiger partial charge is 0.338 e. The first-order valence-corrected chi connectivity index (χ1v) is 8.31. The molecule has 2 heterocycles. The van der Waals surface area contributed by atoms with Crippen molar-refractivity contribution in [3.63, 3.8) is 0 Å². The number of rotatable bonds is 3. The number of hydrogen-bond donors (Lipinski definition) is 0. The molecule has 1 aromatic carbocycles. The first kappa shape index (κ1) is 15.9. The van der Waals surface area contributed by atoms with E-state index < -0.39 is 0 Å². The Kier molecular flexibility index (Phi) is 4.86. The van der Waals surface area contributed by atoms with Crippen molar-refractivity contribution in [1.82, 2.24) is 19.8 Å². The minimum absolute atomic E-state index is 0.00378. The number of benzene rings is 1. The van der Waals surface area contributed by atoms with E-state index in [1.54, 1.807) is 11.1 Å². The van der Waals surface area contributed by atoms with Gasteiger partial charge < -0.3 is 4.90 Å². The summed E-state index contributed by atoms with van der Waals surface area (Å²) >= 11 is 0. The molecule has 1 atom stereocenters. The monoisotopic (exact) mass is 312 g/mol. The van der Waals surface area contributed by atoms with E-state index in [0.717, 1.165) is 36.1 Å². The zero-order valence-corrected chi connectivity index (χ0v) is 13.9. The van der Waals surface area contributed by atoms with Crippen LogP contribution in [-0.2, 0) is 11.3 Å². The second-order valence-electron chi connectivity index (χ2n) is 6.39. The van der Waals surface area contributed by atoms with Gasteiger partial charge in [-0.2, -0.15) is 0 Å². The van der Waals surface area contributed by atoms with Gasteiger partial charge in [0.2, 0.25) is 5.91 Å². The van der Waals surface area contributed by atoms with Gasteiger partial charge in [0.05, 0.1) is 35.5 Å². The number of hydrogen-bond acceptors (Lipinski definition) is 4. The van der Waals surface area contributed by atoms with E-state index in [1.165, 1.54) is 12.8 Å². The summed E-state index contributed by atoms with van der Waals surface area (Å²) in [5, 5.41) is 0. The minimum atomic E-state index is -0.00378. The summed E-state index contributed by atoms with van der Waals surface area (Å²) in [4.78, 5) is 25.8. The Hall–Kier alpha value is -2.01. The van der Waals surface area contributed by atoms with E-state index in [2.05, 4.69) is 21.9 Å². The molecular weight excluding hydrogens is 288 g/mol. The second kappa shape index (κ2) is 7.04. The van der Waals surface area contributed by atoms with Crippen molar-refractivity contribution < 1.29 is 4.79 Å². The Morgan fingerprint density at radius 1 is 1.26 bits per heavy atom. The highest BCUT2D eigenvalue weighted by molar-refractivity contribution is 5.81. The molecule has 1 fully saturated rings. The third kappa shape index (κ3) is 3.67. The summed E-state index contributed by atoms with van der Waals surface area (Å²) < 4.78 is 0. The molecule has 0 aliphatic carbocycles. The van der Waals surface area contributed by atoms with Gasteiger partial charge in [-0.3, -0.25) is 14.7 Å². The molecule has 0 saturated carbocycles. The highest BCUT2D eigenvalue weighted by Crippen LogP contribution is 2.17. The maximum Gasteiger partial charge on any atom is 0.240 e. The van der Waals surface area contributed by atoms with Crippen molar-refractivity contribution in [3.05, 3.63) is 36.2 Å². The zero-order chi connectivity index (χ0) is 16.2. The molecule has 0 radical (unpaired) electrons. The number of carbonyl (C=O) groups is 1. The predicted octanol–water partition coefficient (Wildman–Crippen LogP) is 2.46. The lowest BCUT2D eigenvalue weighted by molar-refractivity contribution is -0.135. The normalized spacial score (nSPS) is 19.5. The number of fused-ring (bicyclic) bond motifs is 1. The van der Waals surface area contributed by atoms with E-state index in [-0.39, 0.29) is 11.9 Å². The summed E-state index contributed by atoms with van der Waals surface area (Å²) in [5.74, 6) is 0.185. The number of likely N-dealkylation sites (tertiary alicyclic amines) is 1. The van der Waals surface area contributed by atoms with Crippen molar-refractivity contribution in [2.24, 2.45) is 0 Å². The lowest BCUT2D eigenvalue weighted by Crippen LogP contribution is -2.45. The van der Waals surface area contributed by atoms with Crippen LogP contribution in [0.25, 0.3) is 11.0 Å². The Bertz CT molecular complexity index is 688. The molecule has 23 heavy (non-hydrogen) atoms. The molecule has 0 bridgehead atoms. The molecule has 122 valence electrons. The Morgan fingerprint density at radius 2 is 2.04 bits per heavy atom. The summed E-state index contributed by atoms with van der Waals surface area (Å²) in [6, 6.07) is 7.80. The Labute approximate surface area is 137 Å². The van der Waals surface area contributed by atoms with Crippen LogP contribution < -0.4 is 0 Å². The smallest absolute Gasteiger partial charge is 0.240 e. The van der Waals surface area contributed by atoms with Gasteiger partial charge in [0, 0.05) is 7.05 Å². The van der Waals surface area contributed by atoms with Crippen LogP contribution in [0.3, 0.4) is 0 Å². The maximum absolute atomic E-state index is 12.8. The van der Waals surface area contributed by atoms with Crippen LogP contribution in [-0.4, -0.2) is 52.4 Å². The molecule has 5 heteroatoms. The summed E-state index contributed by atoms with van der Waals surface area (Å²) in [6.07, 6.45) is 6.24. The quantitative estimate of drug-likeness (QED) is 0.873. The molecule has 1 aromatic heterocycles. The van der Waals surface area contributed by atoms with Crippen molar-refractivity contribution in [3.8, 4) is 0 Å². The molecule has 2 aromatic rings. The number of likely N-dealkylation sites (N-methyl/N-ethyl adjacent to an activating group) is 2. The number of amides is 1. The van der Waals surface area contributed by atoms with Gasteiger partial charge in [-0.1, -0.05) is 25.0 Å². The van der Waals surface area contributed by atoms with Crippen LogP contribution >= 0.6 is 0 Å². The zero-order valence-electron chi connectivity index (χ0n) is 13.9. The van der Waals surface area contributed by atoms with E-state index in [4.69, 9.17) is 0 Å². The lowest BCUT2D eigenvalue weighted by Gasteiger charge is -2.29. The molecule has 0 spiro atoms. The standard InChI is InChI=1S/C18H24N4O/c1-21-11-7-3-4-10-17(21)18(23)22(2)13-14-12-19-15-8-5-6-9-16(15)20-14/h5-6,8-9,12,17H,3-4,7,10-11,13H2,1-2H3/t17-/m1/s1. The fraction of sp³-hybridized carbons (Fsp3) is 0.500. The van der Waals surface area contributed by atoms with Gasteiger partial charge >= 0.3 is 0 Å². The summed E-state index contributed by atoms with van der Waals surface area (Å²) in [6.45, 7) is 1.50. The van der Waals surface area contributed by atoms with Crippen molar-refractivity contribution in [2.45, 2.75) is 38.3 Å². The van der Waals surface area contributed by atoms with E-state index in [1.807, 2.05) is 31.3 Å². The molecule has 1 aliphatic heterocycles. The van der Waals surface area contributed by atoms with E-state index in [0.29, 0.717) is 6.54 Å². The van der Waals surface area contributed by atoms with Gasteiger partial charge in [-0.25, -0.2) is 4.98 Å². The summed E-state index contributed by atoms with van der Waals surface area (Å²) in [7, 11) is 3.91. The number of carbonyl (C=O) groups excluding carboxylic acids is 1. The van der Waals surface area contributed by atoms with Crippen LogP contribution in [0, 0.1) is 0 Å². The van der Waals surface area contributed by atoms with Crippen molar-refractivity contribution in [2.75, 3.05) is 20.6 Å². The number of nitrogens with zero attached hydrogens (tertiary/aromatic N) is 4. The highest BCUT2D eigenvalue weighted by Gasteiger charge is 2.27. The fourth-order valence-electron chi connectivity index (χ4n) is 3.21. The molecule has 0 N–H and O–H groups in total. The minimum Gasteiger partial charge on any atom is -0.338 e. The predicted molar refractivity (Wildman–Crippen MR) is 90.9 cm³/mol. The van der Waals surface area contributed by atoms with Crippen LogP contribution in [0.1, 0.15) is 31.4 Å². The van der Waals surface area contributed by atoms with E-state index in [9.17, 15) is 4.79 Å². The van der Waals surface area contributed by atoms with Gasteiger partial charge in [-0.15, -0.1) is 0 Å². The highest BCUT2D eigenvalue weighted by atomic mass is 16.2.